The van der Waals surface area contributed by atoms with Crippen molar-refractivity contribution in [3.63, 3.8) is 0 Å². The number of hydrogen-bond donors (Lipinski definition) is 2. The second-order valence-electron chi connectivity index (χ2n) is 4.97. The molecular weight excluding hydrogens is 342 g/mol. The van der Waals surface area contributed by atoms with Crippen LogP contribution in [-0.4, -0.2) is 18.7 Å². The van der Waals surface area contributed by atoms with Crippen LogP contribution in [0.15, 0.2) is 52.0 Å². The Morgan fingerprint density at radius 3 is 2.55 bits per heavy atom. The van der Waals surface area contributed by atoms with E-state index in [0.29, 0.717) is 0 Å². The maximum Gasteiger partial charge on any atom is 0.259 e. The highest BCUT2D eigenvalue weighted by Gasteiger charge is 2.04. The molecule has 0 aliphatic rings. The molecule has 0 saturated carbocycles. The number of anilines is 1. The molecule has 0 aliphatic carbocycles. The van der Waals surface area contributed by atoms with Gasteiger partial charge in [-0.3, -0.25) is 4.79 Å². The van der Waals surface area contributed by atoms with Crippen LogP contribution in [0.1, 0.15) is 16.7 Å². The molecule has 0 saturated heterocycles. The van der Waals surface area contributed by atoms with Crippen molar-refractivity contribution in [2.45, 2.75) is 13.8 Å². The number of benzene rings is 2. The predicted molar refractivity (Wildman–Crippen MR) is 94.3 cm³/mol. The summed E-state index contributed by atoms with van der Waals surface area (Å²) in [7, 11) is 0. The van der Waals surface area contributed by atoms with E-state index in [2.05, 4.69) is 31.8 Å². The lowest BCUT2D eigenvalue weighted by atomic mass is 10.1. The lowest BCUT2D eigenvalue weighted by Gasteiger charge is -2.11. The molecule has 2 aromatic carbocycles. The maximum atomic E-state index is 11.8. The highest BCUT2D eigenvalue weighted by atomic mass is 79.9. The number of amides is 1. The fraction of sp³-hybridized carbons (Fsp3) is 0.176. The lowest BCUT2D eigenvalue weighted by Crippen LogP contribution is -2.26. The molecule has 1 amide bonds. The molecule has 0 heterocycles. The van der Waals surface area contributed by atoms with Crippen LogP contribution >= 0.6 is 15.9 Å². The van der Waals surface area contributed by atoms with E-state index in [9.17, 15) is 4.79 Å². The summed E-state index contributed by atoms with van der Waals surface area (Å²) < 4.78 is 0.972. The number of hydrogen-bond acceptors (Lipinski definition) is 3. The van der Waals surface area contributed by atoms with Crippen molar-refractivity contribution in [1.82, 2.24) is 5.43 Å². The van der Waals surface area contributed by atoms with Gasteiger partial charge in [-0.25, -0.2) is 5.43 Å². The van der Waals surface area contributed by atoms with E-state index in [1.54, 1.807) is 6.21 Å². The number of halogens is 1. The molecule has 0 aromatic heterocycles. The van der Waals surface area contributed by atoms with Crippen molar-refractivity contribution >= 4 is 33.7 Å². The van der Waals surface area contributed by atoms with E-state index in [1.165, 1.54) is 0 Å². The molecule has 2 aromatic rings. The SMILES string of the molecule is Cc1cccc(C)c1NCC(=O)N/N=C/c1cccc(Br)c1. The quantitative estimate of drug-likeness (QED) is 0.632. The number of carbonyl (C=O) groups excluding carboxylic acids is 1. The molecule has 2 rings (SSSR count). The van der Waals surface area contributed by atoms with Crippen LogP contribution in [0.5, 0.6) is 0 Å². The zero-order valence-electron chi connectivity index (χ0n) is 12.6. The first-order valence-electron chi connectivity index (χ1n) is 6.94. The number of aryl methyl sites for hydroxylation is 2. The number of rotatable bonds is 5. The van der Waals surface area contributed by atoms with Gasteiger partial charge in [0, 0.05) is 10.2 Å². The predicted octanol–water partition coefficient (Wildman–Crippen LogP) is 3.63. The third-order valence-corrected chi connectivity index (χ3v) is 3.65. The van der Waals surface area contributed by atoms with Gasteiger partial charge in [0.25, 0.3) is 5.91 Å². The highest BCUT2D eigenvalue weighted by Crippen LogP contribution is 2.18. The molecule has 0 unspecified atom stereocenters. The minimum atomic E-state index is -0.186. The molecule has 4 nitrogen and oxygen atoms in total. The Hall–Kier alpha value is -2.14. The van der Waals surface area contributed by atoms with Crippen LogP contribution < -0.4 is 10.7 Å². The second-order valence-corrected chi connectivity index (χ2v) is 5.88. The average Bonchev–Trinajstić information content (AvgIpc) is 2.47. The van der Waals surface area contributed by atoms with Crippen molar-refractivity contribution in [3.8, 4) is 0 Å². The van der Waals surface area contributed by atoms with E-state index < -0.39 is 0 Å². The number of para-hydroxylation sites is 1. The first-order valence-corrected chi connectivity index (χ1v) is 7.73. The molecule has 114 valence electrons. The topological polar surface area (TPSA) is 53.5 Å². The van der Waals surface area contributed by atoms with Gasteiger partial charge in [-0.2, -0.15) is 5.10 Å². The van der Waals surface area contributed by atoms with Crippen LogP contribution in [-0.2, 0) is 4.79 Å². The summed E-state index contributed by atoms with van der Waals surface area (Å²) in [6.45, 7) is 4.21. The summed E-state index contributed by atoms with van der Waals surface area (Å²) >= 11 is 3.39. The molecular formula is C17H18BrN3O. The molecule has 2 N–H and O–H groups in total. The van der Waals surface area contributed by atoms with Crippen molar-refractivity contribution in [1.29, 1.82) is 0 Å². The van der Waals surface area contributed by atoms with E-state index in [1.807, 2.05) is 56.3 Å². The van der Waals surface area contributed by atoms with Gasteiger partial charge in [0.05, 0.1) is 12.8 Å². The molecule has 0 fully saturated rings. The zero-order chi connectivity index (χ0) is 15.9. The fourth-order valence-corrected chi connectivity index (χ4v) is 2.48. The molecule has 0 aliphatic heterocycles. The molecule has 5 heteroatoms. The maximum absolute atomic E-state index is 11.8. The van der Waals surface area contributed by atoms with Gasteiger partial charge in [0.2, 0.25) is 0 Å². The Morgan fingerprint density at radius 2 is 1.86 bits per heavy atom. The van der Waals surface area contributed by atoms with Crippen LogP contribution in [0.2, 0.25) is 0 Å². The molecule has 0 bridgehead atoms. The average molecular weight is 360 g/mol. The first kappa shape index (κ1) is 16.2. The van der Waals surface area contributed by atoms with E-state index in [0.717, 1.165) is 26.9 Å². The van der Waals surface area contributed by atoms with Gasteiger partial charge in [0.1, 0.15) is 0 Å². The van der Waals surface area contributed by atoms with E-state index >= 15 is 0 Å². The molecule has 0 radical (unpaired) electrons. The fourth-order valence-electron chi connectivity index (χ4n) is 2.07. The summed E-state index contributed by atoms with van der Waals surface area (Å²) in [4.78, 5) is 11.8. The third-order valence-electron chi connectivity index (χ3n) is 3.16. The Labute approximate surface area is 138 Å². The molecule has 22 heavy (non-hydrogen) atoms. The number of carbonyl (C=O) groups is 1. The van der Waals surface area contributed by atoms with E-state index in [4.69, 9.17) is 0 Å². The Balaban J connectivity index is 1.86. The van der Waals surface area contributed by atoms with Crippen molar-refractivity contribution in [2.75, 3.05) is 11.9 Å². The largest absolute Gasteiger partial charge is 0.376 e. The van der Waals surface area contributed by atoms with Crippen LogP contribution in [0.4, 0.5) is 5.69 Å². The van der Waals surface area contributed by atoms with Gasteiger partial charge in [-0.1, -0.05) is 46.3 Å². The third kappa shape index (κ3) is 4.70. The van der Waals surface area contributed by atoms with Crippen molar-refractivity contribution in [2.24, 2.45) is 5.10 Å². The van der Waals surface area contributed by atoms with Crippen LogP contribution in [0.3, 0.4) is 0 Å². The zero-order valence-corrected chi connectivity index (χ0v) is 14.1. The molecule has 0 spiro atoms. The molecule has 0 atom stereocenters. The minimum absolute atomic E-state index is 0.182. The van der Waals surface area contributed by atoms with Crippen LogP contribution in [0.25, 0.3) is 0 Å². The number of nitrogens with zero attached hydrogens (tertiary/aromatic N) is 1. The number of hydrazone groups is 1. The lowest BCUT2D eigenvalue weighted by molar-refractivity contribution is -0.119. The van der Waals surface area contributed by atoms with Crippen molar-refractivity contribution in [3.05, 3.63) is 63.6 Å². The summed E-state index contributed by atoms with van der Waals surface area (Å²) in [5, 5.41) is 7.10. The summed E-state index contributed by atoms with van der Waals surface area (Å²) in [5.41, 5.74) is 6.65. The van der Waals surface area contributed by atoms with Gasteiger partial charge in [-0.05, 0) is 42.7 Å². The minimum Gasteiger partial charge on any atom is -0.376 e. The van der Waals surface area contributed by atoms with Gasteiger partial charge in [0.15, 0.2) is 0 Å². The van der Waals surface area contributed by atoms with Gasteiger partial charge in [-0.15, -0.1) is 0 Å². The van der Waals surface area contributed by atoms with Crippen molar-refractivity contribution < 1.29 is 4.79 Å². The van der Waals surface area contributed by atoms with E-state index in [-0.39, 0.29) is 12.5 Å². The first-order chi connectivity index (χ1) is 10.6. The monoisotopic (exact) mass is 359 g/mol. The standard InChI is InChI=1S/C17H18BrN3O/c1-12-5-3-6-13(2)17(12)19-11-16(22)21-20-10-14-7-4-8-15(18)9-14/h3-10,19H,11H2,1-2H3,(H,21,22)/b20-10+. The normalized spacial score (nSPS) is 10.7. The Kier molecular flexibility index (Phi) is 5.72. The smallest absolute Gasteiger partial charge is 0.259 e. The second kappa shape index (κ2) is 7.75. The van der Waals surface area contributed by atoms with Crippen LogP contribution in [0, 0.1) is 13.8 Å². The Morgan fingerprint density at radius 1 is 1.18 bits per heavy atom. The van der Waals surface area contributed by atoms with Gasteiger partial charge < -0.3 is 5.32 Å². The summed E-state index contributed by atoms with van der Waals surface area (Å²) in [6, 6.07) is 13.7. The number of nitrogens with one attached hydrogen (secondary N) is 2. The summed E-state index contributed by atoms with van der Waals surface area (Å²) in [5.74, 6) is -0.186. The summed E-state index contributed by atoms with van der Waals surface area (Å²) in [6.07, 6.45) is 1.61. The van der Waals surface area contributed by atoms with Gasteiger partial charge >= 0.3 is 0 Å². The Bertz CT molecular complexity index is 678. The highest BCUT2D eigenvalue weighted by molar-refractivity contribution is 9.10.